The Labute approximate surface area is 129 Å². The number of urea groups is 1. The van der Waals surface area contributed by atoms with Crippen LogP contribution in [0.15, 0.2) is 28.7 Å². The van der Waals surface area contributed by atoms with Gasteiger partial charge in [0.1, 0.15) is 0 Å². The van der Waals surface area contributed by atoms with Gasteiger partial charge in [-0.05, 0) is 18.4 Å². The highest BCUT2D eigenvalue weighted by Crippen LogP contribution is 2.22. The van der Waals surface area contributed by atoms with Crippen molar-refractivity contribution in [3.63, 3.8) is 0 Å². The normalized spacial score (nSPS) is 20.7. The van der Waals surface area contributed by atoms with E-state index in [0.717, 1.165) is 11.1 Å². The Morgan fingerprint density at radius 1 is 1.57 bits per heavy atom. The summed E-state index contributed by atoms with van der Waals surface area (Å²) < 4.78 is 31.1. The quantitative estimate of drug-likeness (QED) is 0.634. The van der Waals surface area contributed by atoms with Gasteiger partial charge in [0, 0.05) is 6.20 Å². The van der Waals surface area contributed by atoms with Gasteiger partial charge in [0.2, 0.25) is 0 Å². The molecule has 2 amide bonds. The van der Waals surface area contributed by atoms with Crippen molar-refractivity contribution in [3.05, 3.63) is 33.6 Å². The van der Waals surface area contributed by atoms with Crippen molar-refractivity contribution in [1.29, 1.82) is 0 Å². The van der Waals surface area contributed by atoms with Crippen LogP contribution in [-0.4, -0.2) is 41.1 Å². The van der Waals surface area contributed by atoms with Gasteiger partial charge < -0.3 is 5.32 Å². The van der Waals surface area contributed by atoms with Gasteiger partial charge in [-0.2, -0.15) is 8.42 Å². The minimum absolute atomic E-state index is 0.300. The van der Waals surface area contributed by atoms with E-state index >= 15 is 0 Å². The molecule has 0 fully saturated rings. The van der Waals surface area contributed by atoms with E-state index in [1.165, 1.54) is 18.3 Å². The van der Waals surface area contributed by atoms with Crippen molar-refractivity contribution in [1.82, 2.24) is 10.2 Å². The molecule has 0 saturated heterocycles. The summed E-state index contributed by atoms with van der Waals surface area (Å²) in [6.07, 6.45) is 1.04. The maximum Gasteiger partial charge on any atom is 0.323 e. The summed E-state index contributed by atoms with van der Waals surface area (Å²) in [5, 5.41) is 1.75. The van der Waals surface area contributed by atoms with Gasteiger partial charge in [-0.15, -0.1) is 11.3 Å². The molecular formula is C11H11ClN2O5S2. The van der Waals surface area contributed by atoms with Crippen molar-refractivity contribution in [3.8, 4) is 0 Å². The lowest BCUT2D eigenvalue weighted by molar-refractivity contribution is 0.0901. The molecule has 0 aromatic carbocycles. The van der Waals surface area contributed by atoms with Crippen LogP contribution in [0.3, 0.4) is 0 Å². The minimum atomic E-state index is -4.56. The Balaban J connectivity index is 2.27. The molecule has 1 aliphatic heterocycles. The van der Waals surface area contributed by atoms with Crippen LogP contribution in [-0.2, 0) is 10.1 Å². The third kappa shape index (κ3) is 3.26. The molecule has 2 unspecified atom stereocenters. The molecular weight excluding hydrogens is 340 g/mol. The Hall–Kier alpha value is -1.42. The van der Waals surface area contributed by atoms with E-state index in [9.17, 15) is 18.0 Å². The molecule has 0 aliphatic carbocycles. The zero-order valence-electron chi connectivity index (χ0n) is 10.7. The molecule has 114 valence electrons. The number of amides is 2. The molecule has 1 aromatic heterocycles. The van der Waals surface area contributed by atoms with Crippen molar-refractivity contribution in [2.75, 3.05) is 0 Å². The average Bonchev–Trinajstić information content (AvgIpc) is 2.92. The summed E-state index contributed by atoms with van der Waals surface area (Å²) in [7, 11) is -4.56. The molecule has 0 spiro atoms. The van der Waals surface area contributed by atoms with Crippen LogP contribution in [0.4, 0.5) is 4.79 Å². The number of nitrogens with one attached hydrogen (secondary N) is 1. The van der Waals surface area contributed by atoms with Gasteiger partial charge in [-0.3, -0.25) is 14.2 Å². The van der Waals surface area contributed by atoms with Crippen LogP contribution >= 0.6 is 22.9 Å². The van der Waals surface area contributed by atoms with Crippen molar-refractivity contribution < 1.29 is 22.6 Å². The molecule has 0 bridgehead atoms. The van der Waals surface area contributed by atoms with E-state index in [1.807, 2.05) is 5.32 Å². The molecule has 10 heteroatoms. The predicted octanol–water partition coefficient (Wildman–Crippen LogP) is 1.64. The van der Waals surface area contributed by atoms with Gasteiger partial charge in [-0.1, -0.05) is 17.7 Å². The van der Waals surface area contributed by atoms with E-state index in [2.05, 4.69) is 0 Å². The zero-order chi connectivity index (χ0) is 15.8. The monoisotopic (exact) mass is 350 g/mol. The van der Waals surface area contributed by atoms with Crippen LogP contribution < -0.4 is 5.32 Å². The fourth-order valence-corrected chi connectivity index (χ4v) is 3.61. The summed E-state index contributed by atoms with van der Waals surface area (Å²) in [6.45, 7) is 1.50. The Morgan fingerprint density at radius 2 is 2.24 bits per heavy atom. The summed E-state index contributed by atoms with van der Waals surface area (Å²) in [5.74, 6) is -0.300. The SMILES string of the molecule is CC(C(=O)c1cccs1)N1C=C(Cl)C(S(=O)(=O)O)NC1=O. The molecule has 1 aliphatic rings. The number of ketones is 1. The number of carbonyl (C=O) groups is 2. The highest BCUT2D eigenvalue weighted by atomic mass is 35.5. The third-order valence-electron chi connectivity index (χ3n) is 2.86. The Bertz CT molecular complexity index is 698. The zero-order valence-corrected chi connectivity index (χ0v) is 13.1. The van der Waals surface area contributed by atoms with E-state index in [4.69, 9.17) is 16.2 Å². The Kier molecular flexibility index (Phi) is 4.38. The fourth-order valence-electron chi connectivity index (χ4n) is 1.77. The van der Waals surface area contributed by atoms with Gasteiger partial charge in [0.25, 0.3) is 10.1 Å². The van der Waals surface area contributed by atoms with E-state index in [1.54, 1.807) is 17.5 Å². The lowest BCUT2D eigenvalue weighted by Crippen LogP contribution is -2.54. The summed E-state index contributed by atoms with van der Waals surface area (Å²) in [4.78, 5) is 25.5. The first-order chi connectivity index (χ1) is 9.71. The molecule has 0 radical (unpaired) electrons. The van der Waals surface area contributed by atoms with E-state index in [-0.39, 0.29) is 10.8 Å². The maximum absolute atomic E-state index is 12.2. The van der Waals surface area contributed by atoms with Crippen molar-refractivity contribution in [2.45, 2.75) is 18.3 Å². The molecule has 2 rings (SSSR count). The van der Waals surface area contributed by atoms with Crippen LogP contribution in [0.25, 0.3) is 0 Å². The van der Waals surface area contributed by atoms with Gasteiger partial charge in [0.15, 0.2) is 11.2 Å². The number of halogens is 1. The standard InChI is InChI=1S/C11H11ClN2O5S2/c1-6(9(15)8-3-2-4-20-8)14-5-7(12)10(13-11(14)16)21(17,18)19/h2-6,10H,1H3,(H,13,16)(H,17,18,19). The first kappa shape index (κ1) is 16.0. The number of Topliss-reactive ketones (excluding diaryl/α,β-unsaturated/α-hetero) is 1. The molecule has 0 saturated carbocycles. The largest absolute Gasteiger partial charge is 0.323 e. The summed E-state index contributed by atoms with van der Waals surface area (Å²) in [6, 6.07) is 1.63. The molecule has 2 heterocycles. The number of hydrogen-bond acceptors (Lipinski definition) is 5. The molecule has 21 heavy (non-hydrogen) atoms. The summed E-state index contributed by atoms with van der Waals surface area (Å²) >= 11 is 6.99. The molecule has 2 N–H and O–H groups in total. The maximum atomic E-state index is 12.2. The number of rotatable bonds is 4. The number of hydrogen-bond donors (Lipinski definition) is 2. The van der Waals surface area contributed by atoms with Gasteiger partial charge in [0.05, 0.1) is 16.0 Å². The minimum Gasteiger partial charge on any atom is -0.314 e. The average molecular weight is 351 g/mol. The summed E-state index contributed by atoms with van der Waals surface area (Å²) in [5.41, 5.74) is 0. The molecule has 2 atom stereocenters. The first-order valence-corrected chi connectivity index (χ1v) is 8.48. The van der Waals surface area contributed by atoms with Gasteiger partial charge >= 0.3 is 6.03 Å². The second kappa shape index (κ2) is 5.76. The van der Waals surface area contributed by atoms with Crippen molar-refractivity contribution >= 4 is 44.9 Å². The topological polar surface area (TPSA) is 104 Å². The third-order valence-corrected chi connectivity index (χ3v) is 5.16. The van der Waals surface area contributed by atoms with E-state index < -0.39 is 27.6 Å². The Morgan fingerprint density at radius 3 is 2.76 bits per heavy atom. The highest BCUT2D eigenvalue weighted by molar-refractivity contribution is 7.86. The van der Waals surface area contributed by atoms with Crippen LogP contribution in [0, 0.1) is 0 Å². The van der Waals surface area contributed by atoms with Crippen LogP contribution in [0.5, 0.6) is 0 Å². The lowest BCUT2D eigenvalue weighted by atomic mass is 10.1. The predicted molar refractivity (Wildman–Crippen MR) is 77.8 cm³/mol. The number of thiophene rings is 1. The van der Waals surface area contributed by atoms with Crippen LogP contribution in [0.2, 0.25) is 0 Å². The second-order valence-electron chi connectivity index (χ2n) is 4.28. The highest BCUT2D eigenvalue weighted by Gasteiger charge is 2.37. The second-order valence-corrected chi connectivity index (χ2v) is 7.17. The van der Waals surface area contributed by atoms with E-state index in [0.29, 0.717) is 4.88 Å². The molecule has 1 aromatic rings. The number of carbonyl (C=O) groups excluding carboxylic acids is 2. The van der Waals surface area contributed by atoms with Gasteiger partial charge in [-0.25, -0.2) is 4.79 Å². The smallest absolute Gasteiger partial charge is 0.314 e. The first-order valence-electron chi connectivity index (χ1n) is 5.72. The van der Waals surface area contributed by atoms with Crippen molar-refractivity contribution in [2.24, 2.45) is 0 Å². The lowest BCUT2D eigenvalue weighted by Gasteiger charge is -2.31. The number of nitrogens with zero attached hydrogens (tertiary/aromatic N) is 1. The fraction of sp³-hybridized carbons (Fsp3) is 0.273. The molecule has 7 nitrogen and oxygen atoms in total. The van der Waals surface area contributed by atoms with Crippen LogP contribution in [0.1, 0.15) is 16.6 Å².